The Hall–Kier alpha value is -1.36. The molecule has 1 aromatic heterocycles. The lowest BCUT2D eigenvalue weighted by atomic mass is 10.2. The van der Waals surface area contributed by atoms with E-state index in [2.05, 4.69) is 15.8 Å². The fourth-order valence-corrected chi connectivity index (χ4v) is 1.23. The second kappa shape index (κ2) is 6.27. The highest BCUT2D eigenvalue weighted by Crippen LogP contribution is 2.00. The number of carbonyl (C=O) groups excluding carboxylic acids is 1. The van der Waals surface area contributed by atoms with Crippen LogP contribution >= 0.6 is 0 Å². The summed E-state index contributed by atoms with van der Waals surface area (Å²) >= 11 is 0. The maximum absolute atomic E-state index is 11.4. The summed E-state index contributed by atoms with van der Waals surface area (Å²) < 4.78 is 5.00. The first-order valence-corrected chi connectivity index (χ1v) is 5.54. The summed E-state index contributed by atoms with van der Waals surface area (Å²) in [5.41, 5.74) is 0.848. The molecular formula is C11H19N3O2. The van der Waals surface area contributed by atoms with Gasteiger partial charge in [0, 0.05) is 12.1 Å². The van der Waals surface area contributed by atoms with Crippen molar-refractivity contribution >= 4 is 5.91 Å². The van der Waals surface area contributed by atoms with Gasteiger partial charge in [-0.2, -0.15) is 0 Å². The first-order chi connectivity index (χ1) is 7.61. The second-order valence-electron chi connectivity index (χ2n) is 3.91. The number of aryl methyl sites for hydroxylation is 1. The predicted octanol–water partition coefficient (Wildman–Crippen LogP) is 0.987. The molecule has 0 spiro atoms. The van der Waals surface area contributed by atoms with Crippen LogP contribution in [0.1, 0.15) is 31.7 Å². The van der Waals surface area contributed by atoms with Gasteiger partial charge < -0.3 is 15.2 Å². The van der Waals surface area contributed by atoms with Crippen molar-refractivity contribution in [3.63, 3.8) is 0 Å². The van der Waals surface area contributed by atoms with Gasteiger partial charge in [-0.25, -0.2) is 0 Å². The Balaban J connectivity index is 2.18. The summed E-state index contributed by atoms with van der Waals surface area (Å²) in [6.07, 6.45) is 0.938. The van der Waals surface area contributed by atoms with Crippen molar-refractivity contribution in [1.82, 2.24) is 15.8 Å². The first-order valence-electron chi connectivity index (χ1n) is 5.54. The zero-order chi connectivity index (χ0) is 12.0. The van der Waals surface area contributed by atoms with E-state index in [0.29, 0.717) is 13.1 Å². The summed E-state index contributed by atoms with van der Waals surface area (Å²) in [5, 5.41) is 9.63. The van der Waals surface area contributed by atoms with E-state index in [1.807, 2.05) is 26.8 Å². The molecule has 0 fully saturated rings. The van der Waals surface area contributed by atoms with Crippen molar-refractivity contribution in [2.45, 2.75) is 39.8 Å². The number of amides is 1. The molecule has 0 saturated heterocycles. The summed E-state index contributed by atoms with van der Waals surface area (Å²) in [7, 11) is 0. The number of rotatable bonds is 6. The van der Waals surface area contributed by atoms with Crippen molar-refractivity contribution in [2.75, 3.05) is 6.54 Å². The Morgan fingerprint density at radius 2 is 2.38 bits per heavy atom. The van der Waals surface area contributed by atoms with Gasteiger partial charge in [-0.05, 0) is 20.3 Å². The first kappa shape index (κ1) is 12.7. The van der Waals surface area contributed by atoms with E-state index in [0.717, 1.165) is 17.9 Å². The predicted molar refractivity (Wildman–Crippen MR) is 60.8 cm³/mol. The molecule has 0 aliphatic heterocycles. The topological polar surface area (TPSA) is 67.2 Å². The van der Waals surface area contributed by atoms with Crippen LogP contribution in [-0.2, 0) is 11.3 Å². The van der Waals surface area contributed by atoms with Gasteiger partial charge >= 0.3 is 0 Å². The monoisotopic (exact) mass is 225 g/mol. The van der Waals surface area contributed by atoms with E-state index < -0.39 is 0 Å². The summed E-state index contributed by atoms with van der Waals surface area (Å²) in [5.74, 6) is 0.749. The Labute approximate surface area is 95.6 Å². The van der Waals surface area contributed by atoms with Crippen molar-refractivity contribution in [2.24, 2.45) is 0 Å². The van der Waals surface area contributed by atoms with Crippen LogP contribution in [0.2, 0.25) is 0 Å². The van der Waals surface area contributed by atoms with E-state index in [1.54, 1.807) is 0 Å². The Morgan fingerprint density at radius 3 is 2.94 bits per heavy atom. The standard InChI is InChI=1S/C11H19N3O2/c1-4-8(2)13-11(15)7-12-6-10-5-9(3)14-16-10/h5,8,12H,4,6-7H2,1-3H3,(H,13,15). The molecule has 0 aliphatic carbocycles. The average Bonchev–Trinajstić information content (AvgIpc) is 2.64. The van der Waals surface area contributed by atoms with Crippen LogP contribution in [-0.4, -0.2) is 23.7 Å². The molecule has 5 heteroatoms. The largest absolute Gasteiger partial charge is 0.360 e. The van der Waals surface area contributed by atoms with Gasteiger partial charge in [-0.15, -0.1) is 0 Å². The zero-order valence-electron chi connectivity index (χ0n) is 10.0. The number of carbonyl (C=O) groups is 1. The van der Waals surface area contributed by atoms with Crippen molar-refractivity contribution in [3.05, 3.63) is 17.5 Å². The molecule has 0 bridgehead atoms. The normalized spacial score (nSPS) is 12.4. The molecule has 0 saturated carbocycles. The molecule has 1 heterocycles. The summed E-state index contributed by atoms with van der Waals surface area (Å²) in [6.45, 7) is 6.70. The van der Waals surface area contributed by atoms with Crippen LogP contribution in [0.15, 0.2) is 10.6 Å². The van der Waals surface area contributed by atoms with E-state index in [-0.39, 0.29) is 11.9 Å². The van der Waals surface area contributed by atoms with Crippen LogP contribution in [0, 0.1) is 6.92 Å². The van der Waals surface area contributed by atoms with Gasteiger partial charge in [0.15, 0.2) is 5.76 Å². The molecule has 1 amide bonds. The Morgan fingerprint density at radius 1 is 1.62 bits per heavy atom. The number of nitrogens with one attached hydrogen (secondary N) is 2. The van der Waals surface area contributed by atoms with E-state index in [1.165, 1.54) is 0 Å². The molecule has 2 N–H and O–H groups in total. The molecule has 0 aromatic carbocycles. The van der Waals surface area contributed by atoms with E-state index >= 15 is 0 Å². The number of aromatic nitrogens is 1. The van der Waals surface area contributed by atoms with Crippen LogP contribution in [0.25, 0.3) is 0 Å². The number of hydrogen-bond acceptors (Lipinski definition) is 4. The highest BCUT2D eigenvalue weighted by Gasteiger charge is 2.05. The van der Waals surface area contributed by atoms with Gasteiger partial charge in [0.1, 0.15) is 0 Å². The van der Waals surface area contributed by atoms with Crippen LogP contribution in [0.5, 0.6) is 0 Å². The van der Waals surface area contributed by atoms with Crippen molar-refractivity contribution in [1.29, 1.82) is 0 Å². The van der Waals surface area contributed by atoms with Crippen LogP contribution in [0.4, 0.5) is 0 Å². The van der Waals surface area contributed by atoms with E-state index in [4.69, 9.17) is 4.52 Å². The minimum atomic E-state index is 0.00517. The van der Waals surface area contributed by atoms with Gasteiger partial charge in [0.05, 0.1) is 18.8 Å². The number of nitrogens with zero attached hydrogens (tertiary/aromatic N) is 1. The minimum Gasteiger partial charge on any atom is -0.360 e. The lowest BCUT2D eigenvalue weighted by molar-refractivity contribution is -0.120. The molecule has 1 rings (SSSR count). The molecular weight excluding hydrogens is 206 g/mol. The molecule has 0 radical (unpaired) electrons. The van der Waals surface area contributed by atoms with Crippen molar-refractivity contribution < 1.29 is 9.32 Å². The Bertz CT molecular complexity index is 336. The van der Waals surface area contributed by atoms with Gasteiger partial charge in [-0.1, -0.05) is 12.1 Å². The van der Waals surface area contributed by atoms with Crippen LogP contribution < -0.4 is 10.6 Å². The third-order valence-electron chi connectivity index (χ3n) is 2.28. The van der Waals surface area contributed by atoms with E-state index in [9.17, 15) is 4.79 Å². The quantitative estimate of drug-likeness (QED) is 0.757. The molecule has 16 heavy (non-hydrogen) atoms. The smallest absolute Gasteiger partial charge is 0.234 e. The van der Waals surface area contributed by atoms with Crippen LogP contribution in [0.3, 0.4) is 0 Å². The highest BCUT2D eigenvalue weighted by molar-refractivity contribution is 5.78. The molecule has 1 aromatic rings. The summed E-state index contributed by atoms with van der Waals surface area (Å²) in [4.78, 5) is 11.4. The molecule has 5 nitrogen and oxygen atoms in total. The molecule has 1 unspecified atom stereocenters. The molecule has 90 valence electrons. The SMILES string of the molecule is CCC(C)NC(=O)CNCc1cc(C)no1. The molecule has 1 atom stereocenters. The third-order valence-corrected chi connectivity index (χ3v) is 2.28. The van der Waals surface area contributed by atoms with Crippen molar-refractivity contribution in [3.8, 4) is 0 Å². The van der Waals surface area contributed by atoms with Gasteiger partial charge in [0.2, 0.25) is 5.91 Å². The van der Waals surface area contributed by atoms with Gasteiger partial charge in [0.25, 0.3) is 0 Å². The highest BCUT2D eigenvalue weighted by atomic mass is 16.5. The molecule has 0 aliphatic rings. The maximum Gasteiger partial charge on any atom is 0.234 e. The lowest BCUT2D eigenvalue weighted by Gasteiger charge is -2.11. The second-order valence-corrected chi connectivity index (χ2v) is 3.91. The minimum absolute atomic E-state index is 0.00517. The maximum atomic E-state index is 11.4. The zero-order valence-corrected chi connectivity index (χ0v) is 10.0. The lowest BCUT2D eigenvalue weighted by Crippen LogP contribution is -2.38. The third kappa shape index (κ3) is 4.44. The Kier molecular flexibility index (Phi) is 4.98. The average molecular weight is 225 g/mol. The fraction of sp³-hybridized carbons (Fsp3) is 0.636. The fourth-order valence-electron chi connectivity index (χ4n) is 1.23. The number of hydrogen-bond donors (Lipinski definition) is 2. The summed E-state index contributed by atoms with van der Waals surface area (Å²) in [6, 6.07) is 2.07. The van der Waals surface area contributed by atoms with Gasteiger partial charge in [-0.3, -0.25) is 4.79 Å².